The van der Waals surface area contributed by atoms with Crippen molar-refractivity contribution in [3.8, 4) is 0 Å². The van der Waals surface area contributed by atoms with Crippen LogP contribution in [0.25, 0.3) is 0 Å². The Balaban J connectivity index is 1.59. The van der Waals surface area contributed by atoms with Crippen molar-refractivity contribution in [3.05, 3.63) is 47.0 Å². The number of carbonyl (C=O) groups excluding carboxylic acids is 3. The highest BCUT2D eigenvalue weighted by atomic mass is 16.7. The van der Waals surface area contributed by atoms with Gasteiger partial charge in [-0.25, -0.2) is 4.79 Å². The molecule has 6 rings (SSSR count). The minimum absolute atomic E-state index is 0.0361. The Labute approximate surface area is 277 Å². The van der Waals surface area contributed by atoms with Crippen LogP contribution in [-0.2, 0) is 33.3 Å². The lowest BCUT2D eigenvalue weighted by atomic mass is 9.44. The lowest BCUT2D eigenvalue weighted by molar-refractivity contribution is -0.366. The van der Waals surface area contributed by atoms with Gasteiger partial charge >= 0.3 is 11.9 Å². The summed E-state index contributed by atoms with van der Waals surface area (Å²) in [6, 6.07) is 7.95. The van der Waals surface area contributed by atoms with Gasteiger partial charge in [0.05, 0.1) is 42.3 Å². The van der Waals surface area contributed by atoms with E-state index in [1.165, 1.54) is 26.0 Å². The van der Waals surface area contributed by atoms with Gasteiger partial charge in [0.25, 0.3) is 0 Å². The molecule has 2 saturated carbocycles. The molecule has 264 valence electrons. The van der Waals surface area contributed by atoms with E-state index < -0.39 is 107 Å². The van der Waals surface area contributed by atoms with Gasteiger partial charge in [-0.05, 0) is 37.1 Å². The Morgan fingerprint density at radius 3 is 2.25 bits per heavy atom. The van der Waals surface area contributed by atoms with E-state index in [0.29, 0.717) is 0 Å². The largest absolute Gasteiger partial charge is 0.455 e. The topological polar surface area (TPSA) is 219 Å². The number of Topliss-reactive ketones (excluding diaryl/α,β-unsaturated/α-hetero) is 1. The third kappa shape index (κ3) is 4.91. The monoisotopic (exact) mass is 676 g/mol. The summed E-state index contributed by atoms with van der Waals surface area (Å²) in [7, 11) is 0. The van der Waals surface area contributed by atoms with Gasteiger partial charge in [0.1, 0.15) is 42.2 Å². The van der Waals surface area contributed by atoms with Crippen LogP contribution in [0.4, 0.5) is 0 Å². The molecule has 1 aromatic rings. The van der Waals surface area contributed by atoms with Crippen molar-refractivity contribution >= 4 is 17.7 Å². The molecule has 14 nitrogen and oxygen atoms in total. The third-order valence-corrected chi connectivity index (χ3v) is 11.7. The molecule has 14 heteroatoms. The Morgan fingerprint density at radius 2 is 1.65 bits per heavy atom. The minimum atomic E-state index is -2.18. The molecule has 2 bridgehead atoms. The summed E-state index contributed by atoms with van der Waals surface area (Å²) in [4.78, 5) is 41.7. The van der Waals surface area contributed by atoms with Crippen LogP contribution >= 0.6 is 0 Å². The number of hydrogen-bond acceptors (Lipinski definition) is 14. The predicted octanol–water partition coefficient (Wildman–Crippen LogP) is -0.455. The molecule has 1 aromatic carbocycles. The minimum Gasteiger partial charge on any atom is -0.455 e. The van der Waals surface area contributed by atoms with Crippen molar-refractivity contribution < 1.29 is 68.7 Å². The molecule has 4 fully saturated rings. The highest BCUT2D eigenvalue weighted by molar-refractivity contribution is 5.94. The smallest absolute Gasteiger partial charge is 0.338 e. The van der Waals surface area contributed by atoms with Gasteiger partial charge in [0, 0.05) is 25.2 Å². The summed E-state index contributed by atoms with van der Waals surface area (Å²) in [6.45, 7) is 6.67. The van der Waals surface area contributed by atoms with Crippen LogP contribution in [-0.4, -0.2) is 128 Å². The van der Waals surface area contributed by atoms with Gasteiger partial charge in [-0.1, -0.05) is 32.0 Å². The Hall–Kier alpha value is -2.79. The summed E-state index contributed by atoms with van der Waals surface area (Å²) < 4.78 is 30.0. The molecule has 13 atom stereocenters. The number of aliphatic hydroxyl groups excluding tert-OH is 5. The zero-order chi connectivity index (χ0) is 35.1. The first-order valence-corrected chi connectivity index (χ1v) is 16.1. The van der Waals surface area contributed by atoms with Crippen molar-refractivity contribution in [2.75, 3.05) is 13.2 Å². The first kappa shape index (κ1) is 35.1. The van der Waals surface area contributed by atoms with Crippen molar-refractivity contribution in [2.45, 2.75) is 114 Å². The van der Waals surface area contributed by atoms with Crippen molar-refractivity contribution in [3.63, 3.8) is 0 Å². The highest BCUT2D eigenvalue weighted by Gasteiger charge is 2.78. The number of benzene rings is 1. The zero-order valence-electron chi connectivity index (χ0n) is 27.4. The molecule has 2 saturated heterocycles. The molecule has 6 N–H and O–H groups in total. The van der Waals surface area contributed by atoms with E-state index >= 15 is 4.79 Å². The lowest BCUT2D eigenvalue weighted by Crippen LogP contribution is -2.82. The molecule has 2 aliphatic heterocycles. The van der Waals surface area contributed by atoms with Crippen LogP contribution in [0.15, 0.2) is 41.5 Å². The maximum absolute atomic E-state index is 15.0. The second kappa shape index (κ2) is 11.9. The van der Waals surface area contributed by atoms with Crippen molar-refractivity contribution in [1.29, 1.82) is 0 Å². The standard InChI is InChI=1S/C34H44O14/c1-15-18(36)12-34(43)28(47-29(42)17-9-7-6-8-10-17)26-32(5,27(41)24(39)22(15)31(34,3)4)20(11-21-33(26,14-45-21)48-16(2)35)46-30-25(40)23(38)19(37)13-44-30/h6-10,18-21,23-26,28,30,36-40,43H,11-14H2,1-5H3/t18-,19+,20-,21+,23-,24+,25+,26-,28-,30-,32+,33-,34+/m0/s1. The number of esters is 2. The van der Waals surface area contributed by atoms with Crippen LogP contribution in [0.1, 0.15) is 57.8 Å². The fourth-order valence-corrected chi connectivity index (χ4v) is 8.90. The van der Waals surface area contributed by atoms with Gasteiger partial charge in [0.2, 0.25) is 0 Å². The maximum atomic E-state index is 15.0. The first-order chi connectivity index (χ1) is 22.4. The Kier molecular flexibility index (Phi) is 8.71. The predicted molar refractivity (Wildman–Crippen MR) is 162 cm³/mol. The van der Waals surface area contributed by atoms with E-state index in [4.69, 9.17) is 23.7 Å². The number of ketones is 1. The summed E-state index contributed by atoms with van der Waals surface area (Å²) in [5, 5.41) is 67.5. The highest BCUT2D eigenvalue weighted by Crippen LogP contribution is 2.64. The molecular weight excluding hydrogens is 632 g/mol. The lowest BCUT2D eigenvalue weighted by Gasteiger charge is -2.68. The van der Waals surface area contributed by atoms with E-state index in [0.717, 1.165) is 0 Å². The molecule has 0 amide bonds. The summed E-state index contributed by atoms with van der Waals surface area (Å²) in [5.41, 5.74) is -6.93. The quantitative estimate of drug-likeness (QED) is 0.172. The van der Waals surface area contributed by atoms with Crippen molar-refractivity contribution in [1.82, 2.24) is 0 Å². The molecule has 0 radical (unpaired) electrons. The van der Waals surface area contributed by atoms with E-state index in [9.17, 15) is 40.2 Å². The number of fused-ring (bicyclic) bond motifs is 5. The number of carbonyl (C=O) groups is 3. The third-order valence-electron chi connectivity index (χ3n) is 11.7. The van der Waals surface area contributed by atoms with Crippen LogP contribution in [0, 0.1) is 16.7 Å². The number of rotatable bonds is 5. The average molecular weight is 677 g/mol. The van der Waals surface area contributed by atoms with Gasteiger partial charge in [-0.3, -0.25) is 9.59 Å². The second-order valence-electron chi connectivity index (χ2n) is 14.5. The van der Waals surface area contributed by atoms with Gasteiger partial charge < -0.3 is 54.3 Å². The van der Waals surface area contributed by atoms with E-state index in [2.05, 4.69) is 0 Å². The number of aliphatic hydroxyl groups is 6. The molecule has 48 heavy (non-hydrogen) atoms. The average Bonchev–Trinajstić information content (AvgIpc) is 3.02. The summed E-state index contributed by atoms with van der Waals surface area (Å²) >= 11 is 0. The molecule has 0 spiro atoms. The Bertz CT molecular complexity index is 1490. The molecule has 0 unspecified atom stereocenters. The normalized spacial score (nSPS) is 45.1. The Morgan fingerprint density at radius 1 is 0.979 bits per heavy atom. The fourth-order valence-electron chi connectivity index (χ4n) is 8.90. The molecule has 0 aromatic heterocycles. The molecular formula is C34H44O14. The van der Waals surface area contributed by atoms with E-state index in [1.54, 1.807) is 39.0 Å². The SMILES string of the molecule is CC(=O)O[C@@]12CO[C@@H]1C[C@H](O[C@@H]1OC[C@@H](O)[C@H](O)[C@H]1O)[C@@]1(C)C(=O)[C@H](O)C3=C(C)[C@@H](O)C[C@@](O)([C@@H](OC(=O)c4ccccc4)[C@H]21)C3(C)C. The summed E-state index contributed by atoms with van der Waals surface area (Å²) in [5.74, 6) is -3.93. The van der Waals surface area contributed by atoms with Crippen LogP contribution in [0.3, 0.4) is 0 Å². The molecule has 2 heterocycles. The molecule has 5 aliphatic rings. The summed E-state index contributed by atoms with van der Waals surface area (Å²) in [6.07, 6.45) is -14.2. The molecule has 3 aliphatic carbocycles. The van der Waals surface area contributed by atoms with E-state index in [-0.39, 0.29) is 36.2 Å². The van der Waals surface area contributed by atoms with Gasteiger partial charge in [-0.15, -0.1) is 0 Å². The van der Waals surface area contributed by atoms with Crippen LogP contribution in [0.2, 0.25) is 0 Å². The zero-order valence-corrected chi connectivity index (χ0v) is 27.4. The maximum Gasteiger partial charge on any atom is 0.338 e. The van der Waals surface area contributed by atoms with E-state index in [1.807, 2.05) is 0 Å². The van der Waals surface area contributed by atoms with Gasteiger partial charge in [0.15, 0.2) is 17.7 Å². The van der Waals surface area contributed by atoms with Crippen LogP contribution < -0.4 is 0 Å². The second-order valence-corrected chi connectivity index (χ2v) is 14.5. The first-order valence-electron chi connectivity index (χ1n) is 16.1. The number of ether oxygens (including phenoxy) is 5. The number of hydrogen-bond donors (Lipinski definition) is 6. The van der Waals surface area contributed by atoms with Gasteiger partial charge in [-0.2, -0.15) is 0 Å². The fraction of sp³-hybridized carbons (Fsp3) is 0.676. The van der Waals surface area contributed by atoms with Crippen molar-refractivity contribution in [2.24, 2.45) is 16.7 Å². The van der Waals surface area contributed by atoms with Crippen LogP contribution in [0.5, 0.6) is 0 Å².